The van der Waals surface area contributed by atoms with E-state index in [0.29, 0.717) is 5.95 Å². The first-order valence-corrected chi connectivity index (χ1v) is 6.16. The number of nitrogens with one attached hydrogen (secondary N) is 1. The molecule has 0 spiro atoms. The third kappa shape index (κ3) is 2.72. The van der Waals surface area contributed by atoms with Crippen LogP contribution in [-0.2, 0) is 0 Å². The van der Waals surface area contributed by atoms with Gasteiger partial charge in [-0.25, -0.2) is 9.97 Å². The van der Waals surface area contributed by atoms with Crippen LogP contribution in [0, 0.1) is 0 Å². The maximum Gasteiger partial charge on any atom is 0.227 e. The lowest BCUT2D eigenvalue weighted by atomic mass is 10.2. The van der Waals surface area contributed by atoms with Gasteiger partial charge in [-0.3, -0.25) is 4.98 Å². The zero-order valence-electron chi connectivity index (χ0n) is 10.7. The number of hydrogen-bond donors (Lipinski definition) is 2. The SMILES string of the molecule is Nc1ccc(Nc2ncc(-c3cccnc3)cn2)cc1. The summed E-state index contributed by atoms with van der Waals surface area (Å²) in [6, 6.07) is 11.3. The van der Waals surface area contributed by atoms with Gasteiger partial charge in [0.25, 0.3) is 0 Å². The summed E-state index contributed by atoms with van der Waals surface area (Å²) in [6.07, 6.45) is 7.06. The molecule has 0 atom stereocenters. The molecule has 0 aliphatic carbocycles. The Morgan fingerprint density at radius 2 is 1.60 bits per heavy atom. The topological polar surface area (TPSA) is 76.7 Å². The van der Waals surface area contributed by atoms with Crippen molar-refractivity contribution in [1.82, 2.24) is 15.0 Å². The molecule has 0 aliphatic rings. The van der Waals surface area contributed by atoms with Crippen molar-refractivity contribution in [2.75, 3.05) is 11.1 Å². The summed E-state index contributed by atoms with van der Waals surface area (Å²) in [7, 11) is 0. The van der Waals surface area contributed by atoms with Crippen LogP contribution in [0.3, 0.4) is 0 Å². The van der Waals surface area contributed by atoms with Gasteiger partial charge in [0.2, 0.25) is 5.95 Å². The van der Waals surface area contributed by atoms with Crippen molar-refractivity contribution in [3.63, 3.8) is 0 Å². The number of nitrogens with zero attached hydrogens (tertiary/aromatic N) is 3. The highest BCUT2D eigenvalue weighted by molar-refractivity contribution is 5.62. The second-order valence-corrected chi connectivity index (χ2v) is 4.28. The predicted octanol–water partition coefficient (Wildman–Crippen LogP) is 2.86. The van der Waals surface area contributed by atoms with Gasteiger partial charge < -0.3 is 11.1 Å². The quantitative estimate of drug-likeness (QED) is 0.710. The van der Waals surface area contributed by atoms with Gasteiger partial charge in [-0.15, -0.1) is 0 Å². The van der Waals surface area contributed by atoms with Crippen LogP contribution < -0.4 is 11.1 Å². The van der Waals surface area contributed by atoms with Crippen molar-refractivity contribution in [3.05, 3.63) is 61.2 Å². The zero-order chi connectivity index (χ0) is 13.8. The van der Waals surface area contributed by atoms with Crippen LogP contribution in [-0.4, -0.2) is 15.0 Å². The highest BCUT2D eigenvalue weighted by Crippen LogP contribution is 2.18. The second-order valence-electron chi connectivity index (χ2n) is 4.28. The third-order valence-electron chi connectivity index (χ3n) is 2.81. The van der Waals surface area contributed by atoms with Gasteiger partial charge in [-0.2, -0.15) is 0 Å². The maximum absolute atomic E-state index is 5.64. The third-order valence-corrected chi connectivity index (χ3v) is 2.81. The fraction of sp³-hybridized carbons (Fsp3) is 0. The van der Waals surface area contributed by atoms with E-state index in [4.69, 9.17) is 5.73 Å². The fourth-order valence-corrected chi connectivity index (χ4v) is 1.77. The molecule has 3 N–H and O–H groups in total. The molecule has 0 fully saturated rings. The molecular weight excluding hydrogens is 250 g/mol. The first kappa shape index (κ1) is 12.1. The smallest absolute Gasteiger partial charge is 0.227 e. The van der Waals surface area contributed by atoms with E-state index in [1.807, 2.05) is 36.4 Å². The van der Waals surface area contributed by atoms with Crippen molar-refractivity contribution in [2.24, 2.45) is 0 Å². The number of benzene rings is 1. The van der Waals surface area contributed by atoms with E-state index >= 15 is 0 Å². The van der Waals surface area contributed by atoms with Gasteiger partial charge >= 0.3 is 0 Å². The minimum absolute atomic E-state index is 0.544. The van der Waals surface area contributed by atoms with Crippen LogP contribution in [0.15, 0.2) is 61.2 Å². The van der Waals surface area contributed by atoms with Gasteiger partial charge in [0.1, 0.15) is 0 Å². The lowest BCUT2D eigenvalue weighted by molar-refractivity contribution is 1.16. The van der Waals surface area contributed by atoms with Gasteiger partial charge in [0.15, 0.2) is 0 Å². The number of hydrogen-bond acceptors (Lipinski definition) is 5. The summed E-state index contributed by atoms with van der Waals surface area (Å²) in [5.74, 6) is 0.544. The molecule has 2 heterocycles. The number of nitrogen functional groups attached to an aromatic ring is 1. The highest BCUT2D eigenvalue weighted by atomic mass is 15.1. The average Bonchev–Trinajstić information content (AvgIpc) is 2.51. The van der Waals surface area contributed by atoms with Gasteiger partial charge in [0, 0.05) is 47.3 Å². The standard InChI is InChI=1S/C15H13N5/c16-13-3-5-14(6-4-13)20-15-18-9-12(10-19-15)11-2-1-7-17-8-11/h1-10H,16H2,(H,18,19,20). The Hall–Kier alpha value is -2.95. The molecule has 0 saturated heterocycles. The summed E-state index contributed by atoms with van der Waals surface area (Å²) in [5, 5.41) is 3.12. The Morgan fingerprint density at radius 3 is 2.25 bits per heavy atom. The summed E-state index contributed by atoms with van der Waals surface area (Å²) < 4.78 is 0. The summed E-state index contributed by atoms with van der Waals surface area (Å²) >= 11 is 0. The van der Waals surface area contributed by atoms with Gasteiger partial charge in [-0.05, 0) is 30.3 Å². The maximum atomic E-state index is 5.64. The van der Waals surface area contributed by atoms with Crippen molar-refractivity contribution in [1.29, 1.82) is 0 Å². The molecule has 0 aliphatic heterocycles. The van der Waals surface area contributed by atoms with Crippen LogP contribution in [0.4, 0.5) is 17.3 Å². The summed E-state index contributed by atoms with van der Waals surface area (Å²) in [6.45, 7) is 0. The van der Waals surface area contributed by atoms with Crippen molar-refractivity contribution in [2.45, 2.75) is 0 Å². The molecule has 3 rings (SSSR count). The number of aromatic nitrogens is 3. The highest BCUT2D eigenvalue weighted by Gasteiger charge is 2.01. The number of anilines is 3. The largest absolute Gasteiger partial charge is 0.399 e. The Balaban J connectivity index is 1.78. The minimum atomic E-state index is 0.544. The Kier molecular flexibility index (Phi) is 3.24. The predicted molar refractivity (Wildman–Crippen MR) is 79.4 cm³/mol. The lowest BCUT2D eigenvalue weighted by Crippen LogP contribution is -1.97. The molecule has 0 radical (unpaired) electrons. The van der Waals surface area contributed by atoms with Gasteiger partial charge in [0.05, 0.1) is 0 Å². The Labute approximate surface area is 116 Å². The molecule has 5 nitrogen and oxygen atoms in total. The van der Waals surface area contributed by atoms with E-state index in [0.717, 1.165) is 22.5 Å². The van der Waals surface area contributed by atoms with Crippen molar-refractivity contribution >= 4 is 17.3 Å². The van der Waals surface area contributed by atoms with E-state index in [9.17, 15) is 0 Å². The molecular formula is C15H13N5. The molecule has 0 saturated carbocycles. The normalized spacial score (nSPS) is 10.2. The Morgan fingerprint density at radius 1 is 0.850 bits per heavy atom. The van der Waals surface area contributed by atoms with Crippen molar-refractivity contribution < 1.29 is 0 Å². The van der Waals surface area contributed by atoms with E-state index < -0.39 is 0 Å². The first-order chi connectivity index (χ1) is 9.81. The lowest BCUT2D eigenvalue weighted by Gasteiger charge is -2.05. The monoisotopic (exact) mass is 263 g/mol. The molecule has 3 aromatic rings. The molecule has 0 amide bonds. The van der Waals surface area contributed by atoms with E-state index in [1.54, 1.807) is 24.8 Å². The number of pyridine rings is 1. The molecule has 0 unspecified atom stereocenters. The molecule has 20 heavy (non-hydrogen) atoms. The number of nitrogens with two attached hydrogens (primary N) is 1. The van der Waals surface area contributed by atoms with Crippen LogP contribution in [0.25, 0.3) is 11.1 Å². The van der Waals surface area contributed by atoms with E-state index in [1.165, 1.54) is 0 Å². The van der Waals surface area contributed by atoms with Crippen LogP contribution in [0.2, 0.25) is 0 Å². The van der Waals surface area contributed by atoms with Gasteiger partial charge in [-0.1, -0.05) is 6.07 Å². The van der Waals surface area contributed by atoms with E-state index in [2.05, 4.69) is 20.3 Å². The minimum Gasteiger partial charge on any atom is -0.399 e. The summed E-state index contributed by atoms with van der Waals surface area (Å²) in [5.41, 5.74) is 9.18. The first-order valence-electron chi connectivity index (χ1n) is 6.16. The fourth-order valence-electron chi connectivity index (χ4n) is 1.77. The Bertz CT molecular complexity index is 678. The molecule has 1 aromatic carbocycles. The summed E-state index contributed by atoms with van der Waals surface area (Å²) in [4.78, 5) is 12.7. The second kappa shape index (κ2) is 5.36. The molecule has 2 aromatic heterocycles. The average molecular weight is 263 g/mol. The molecule has 0 bridgehead atoms. The molecule has 98 valence electrons. The van der Waals surface area contributed by atoms with E-state index in [-0.39, 0.29) is 0 Å². The van der Waals surface area contributed by atoms with Crippen LogP contribution in [0.5, 0.6) is 0 Å². The number of rotatable bonds is 3. The zero-order valence-corrected chi connectivity index (χ0v) is 10.7. The van der Waals surface area contributed by atoms with Crippen LogP contribution in [0.1, 0.15) is 0 Å². The van der Waals surface area contributed by atoms with Crippen LogP contribution >= 0.6 is 0 Å². The molecule has 5 heteroatoms. The van der Waals surface area contributed by atoms with Crippen molar-refractivity contribution in [3.8, 4) is 11.1 Å².